The van der Waals surface area contributed by atoms with Crippen molar-refractivity contribution in [3.63, 3.8) is 0 Å². The maximum Gasteiger partial charge on any atom is 0.139 e. The zero-order valence-corrected chi connectivity index (χ0v) is 15.3. The van der Waals surface area contributed by atoms with Crippen molar-refractivity contribution in [3.8, 4) is 16.9 Å². The molecule has 0 amide bonds. The summed E-state index contributed by atoms with van der Waals surface area (Å²) >= 11 is 1.68. The van der Waals surface area contributed by atoms with Crippen LogP contribution in [0.5, 0.6) is 5.75 Å². The fraction of sp³-hybridized carbons (Fsp3) is 0.400. The molecule has 2 heterocycles. The number of anilines is 1. The first-order valence-corrected chi connectivity index (χ1v) is 9.86. The van der Waals surface area contributed by atoms with Crippen molar-refractivity contribution in [2.45, 2.75) is 44.6 Å². The number of nitrogens with one attached hydrogen (secondary N) is 1. The predicted molar refractivity (Wildman–Crippen MR) is 105 cm³/mol. The summed E-state index contributed by atoms with van der Waals surface area (Å²) in [5, 5.41) is 7.03. The van der Waals surface area contributed by atoms with Crippen LogP contribution in [-0.2, 0) is 0 Å². The van der Waals surface area contributed by atoms with Crippen LogP contribution < -0.4 is 10.1 Å². The zero-order chi connectivity index (χ0) is 17.1. The highest BCUT2D eigenvalue weighted by molar-refractivity contribution is 7.17. The summed E-state index contributed by atoms with van der Waals surface area (Å²) < 4.78 is 5.28. The molecular formula is C20H23N3OS. The number of fused-ring (bicyclic) bond motifs is 1. The van der Waals surface area contributed by atoms with Gasteiger partial charge in [0.2, 0.25) is 0 Å². The van der Waals surface area contributed by atoms with Gasteiger partial charge in [0.25, 0.3) is 0 Å². The first-order valence-electron chi connectivity index (χ1n) is 8.98. The summed E-state index contributed by atoms with van der Waals surface area (Å²) in [5.41, 5.74) is 2.37. The first kappa shape index (κ1) is 16.3. The lowest BCUT2D eigenvalue weighted by atomic mass is 10.0. The number of hydrogen-bond donors (Lipinski definition) is 1. The molecule has 0 saturated heterocycles. The van der Waals surface area contributed by atoms with Crippen molar-refractivity contribution in [3.05, 3.63) is 36.0 Å². The molecule has 1 N–H and O–H groups in total. The van der Waals surface area contributed by atoms with Crippen LogP contribution >= 0.6 is 11.3 Å². The van der Waals surface area contributed by atoms with Gasteiger partial charge < -0.3 is 10.1 Å². The van der Waals surface area contributed by atoms with Crippen LogP contribution in [0.3, 0.4) is 0 Å². The molecule has 130 valence electrons. The standard InChI is InChI=1S/C20H23N3OS/c1-24-16-10-8-14(9-11-16)17-12-25-20-18(17)19(21-13-22-20)23-15-6-4-2-3-5-7-15/h8-13,15H,2-7H2,1H3,(H,21,22,23). The van der Waals surface area contributed by atoms with E-state index >= 15 is 0 Å². The number of thiophene rings is 1. The fourth-order valence-corrected chi connectivity index (χ4v) is 4.50. The van der Waals surface area contributed by atoms with E-state index < -0.39 is 0 Å². The number of hydrogen-bond acceptors (Lipinski definition) is 5. The molecule has 4 nitrogen and oxygen atoms in total. The van der Waals surface area contributed by atoms with E-state index in [1.165, 1.54) is 49.7 Å². The van der Waals surface area contributed by atoms with E-state index in [-0.39, 0.29) is 0 Å². The normalized spacial score (nSPS) is 15.9. The Labute approximate surface area is 152 Å². The predicted octanol–water partition coefficient (Wildman–Crippen LogP) is 5.50. The number of methoxy groups -OCH3 is 1. The molecule has 0 spiro atoms. The van der Waals surface area contributed by atoms with Gasteiger partial charge in [-0.25, -0.2) is 9.97 Å². The van der Waals surface area contributed by atoms with E-state index in [9.17, 15) is 0 Å². The number of nitrogens with zero attached hydrogens (tertiary/aromatic N) is 2. The van der Waals surface area contributed by atoms with E-state index in [4.69, 9.17) is 4.74 Å². The fourth-order valence-electron chi connectivity index (χ4n) is 3.58. The smallest absolute Gasteiger partial charge is 0.139 e. The van der Waals surface area contributed by atoms with Gasteiger partial charge in [-0.1, -0.05) is 37.8 Å². The van der Waals surface area contributed by atoms with Crippen molar-refractivity contribution in [2.75, 3.05) is 12.4 Å². The molecule has 5 heteroatoms. The third kappa shape index (κ3) is 3.47. The Kier molecular flexibility index (Phi) is 4.83. The monoisotopic (exact) mass is 353 g/mol. The largest absolute Gasteiger partial charge is 0.497 e. The van der Waals surface area contributed by atoms with Crippen LogP contribution in [0.1, 0.15) is 38.5 Å². The highest BCUT2D eigenvalue weighted by atomic mass is 32.1. The molecule has 0 aliphatic heterocycles. The van der Waals surface area contributed by atoms with Crippen LogP contribution in [0.15, 0.2) is 36.0 Å². The number of rotatable bonds is 4. The molecule has 1 saturated carbocycles. The summed E-state index contributed by atoms with van der Waals surface area (Å²) in [6.45, 7) is 0. The zero-order valence-electron chi connectivity index (χ0n) is 14.5. The SMILES string of the molecule is COc1ccc(-c2csc3ncnc(NC4CCCCCC4)c23)cc1. The quantitative estimate of drug-likeness (QED) is 0.629. The number of aromatic nitrogens is 2. The van der Waals surface area contributed by atoms with Crippen LogP contribution in [0.2, 0.25) is 0 Å². The maximum absolute atomic E-state index is 5.28. The third-order valence-electron chi connectivity index (χ3n) is 4.97. The number of benzene rings is 1. The molecule has 1 aromatic carbocycles. The summed E-state index contributed by atoms with van der Waals surface area (Å²) in [6, 6.07) is 8.72. The van der Waals surface area contributed by atoms with Crippen molar-refractivity contribution >= 4 is 27.4 Å². The second kappa shape index (κ2) is 7.40. The second-order valence-corrected chi connectivity index (χ2v) is 7.47. The van der Waals surface area contributed by atoms with Crippen molar-refractivity contribution in [2.24, 2.45) is 0 Å². The van der Waals surface area contributed by atoms with Crippen LogP contribution in [0, 0.1) is 0 Å². The minimum absolute atomic E-state index is 0.518. The highest BCUT2D eigenvalue weighted by Crippen LogP contribution is 2.37. The lowest BCUT2D eigenvalue weighted by Gasteiger charge is -2.17. The molecule has 0 unspecified atom stereocenters. The lowest BCUT2D eigenvalue weighted by molar-refractivity contribution is 0.415. The minimum Gasteiger partial charge on any atom is -0.497 e. The molecular weight excluding hydrogens is 330 g/mol. The Morgan fingerprint density at radius 2 is 1.80 bits per heavy atom. The second-order valence-electron chi connectivity index (χ2n) is 6.61. The minimum atomic E-state index is 0.518. The Morgan fingerprint density at radius 1 is 1.04 bits per heavy atom. The van der Waals surface area contributed by atoms with Gasteiger partial charge in [-0.2, -0.15) is 0 Å². The van der Waals surface area contributed by atoms with Crippen LogP contribution in [-0.4, -0.2) is 23.1 Å². The summed E-state index contributed by atoms with van der Waals surface area (Å²) in [6.07, 6.45) is 9.46. The van der Waals surface area contributed by atoms with Gasteiger partial charge in [0.05, 0.1) is 12.5 Å². The van der Waals surface area contributed by atoms with Crippen molar-refractivity contribution in [1.29, 1.82) is 0 Å². The summed E-state index contributed by atoms with van der Waals surface area (Å²) in [7, 11) is 1.69. The Balaban J connectivity index is 1.70. The average molecular weight is 353 g/mol. The van der Waals surface area contributed by atoms with E-state index in [0.717, 1.165) is 21.8 Å². The van der Waals surface area contributed by atoms with Gasteiger partial charge in [0.1, 0.15) is 22.7 Å². The molecule has 0 radical (unpaired) electrons. The Hall–Kier alpha value is -2.14. The first-order chi connectivity index (χ1) is 12.3. The molecule has 3 aromatic rings. The van der Waals surface area contributed by atoms with Gasteiger partial charge in [0, 0.05) is 17.0 Å². The van der Waals surface area contributed by atoms with Gasteiger partial charge >= 0.3 is 0 Å². The van der Waals surface area contributed by atoms with E-state index in [2.05, 4.69) is 32.8 Å². The van der Waals surface area contributed by atoms with Gasteiger partial charge in [-0.05, 0) is 30.5 Å². The van der Waals surface area contributed by atoms with Crippen LogP contribution in [0.4, 0.5) is 5.82 Å². The molecule has 1 aliphatic rings. The van der Waals surface area contributed by atoms with E-state index in [0.29, 0.717) is 6.04 Å². The van der Waals surface area contributed by atoms with Gasteiger partial charge in [-0.15, -0.1) is 11.3 Å². The summed E-state index contributed by atoms with van der Waals surface area (Å²) in [5.74, 6) is 1.85. The molecule has 4 rings (SSSR count). The molecule has 0 bridgehead atoms. The van der Waals surface area contributed by atoms with E-state index in [1.807, 2.05) is 12.1 Å². The molecule has 1 aliphatic carbocycles. The molecule has 0 atom stereocenters. The molecule has 25 heavy (non-hydrogen) atoms. The summed E-state index contributed by atoms with van der Waals surface area (Å²) in [4.78, 5) is 10.1. The molecule has 1 fully saturated rings. The van der Waals surface area contributed by atoms with Crippen molar-refractivity contribution < 1.29 is 4.74 Å². The topological polar surface area (TPSA) is 47.0 Å². The van der Waals surface area contributed by atoms with Crippen molar-refractivity contribution in [1.82, 2.24) is 9.97 Å². The Morgan fingerprint density at radius 3 is 2.52 bits per heavy atom. The Bertz CT molecular complexity index is 836. The van der Waals surface area contributed by atoms with E-state index in [1.54, 1.807) is 24.8 Å². The average Bonchev–Trinajstić information content (AvgIpc) is 2.93. The van der Waals surface area contributed by atoms with Crippen LogP contribution in [0.25, 0.3) is 21.3 Å². The van der Waals surface area contributed by atoms with Gasteiger partial charge in [0.15, 0.2) is 0 Å². The highest BCUT2D eigenvalue weighted by Gasteiger charge is 2.17. The third-order valence-corrected chi connectivity index (χ3v) is 5.85. The van der Waals surface area contributed by atoms with Gasteiger partial charge in [-0.3, -0.25) is 0 Å². The lowest BCUT2D eigenvalue weighted by Crippen LogP contribution is -2.19. The number of ether oxygens (including phenoxy) is 1. The molecule has 2 aromatic heterocycles. The maximum atomic E-state index is 5.28.